The Morgan fingerprint density at radius 2 is 1.58 bits per heavy atom. The predicted molar refractivity (Wildman–Crippen MR) is 85.5 cm³/mol. The summed E-state index contributed by atoms with van der Waals surface area (Å²) in [6.07, 6.45) is 0.703. The molecule has 2 rings (SSSR count). The van der Waals surface area contributed by atoms with Gasteiger partial charge in [0, 0.05) is 24.7 Å². The predicted octanol–water partition coefficient (Wildman–Crippen LogP) is 1.85. The topological polar surface area (TPSA) is 110 Å². The fraction of sp³-hybridized carbons (Fsp3) is 0.500. The Morgan fingerprint density at radius 1 is 1.04 bits per heavy atom. The van der Waals surface area contributed by atoms with Crippen LogP contribution in [-0.4, -0.2) is 34.7 Å². The lowest BCUT2D eigenvalue weighted by Crippen LogP contribution is -2.44. The van der Waals surface area contributed by atoms with Crippen molar-refractivity contribution < 1.29 is 18.6 Å². The Labute approximate surface area is 139 Å². The van der Waals surface area contributed by atoms with E-state index in [1.807, 2.05) is 13.8 Å². The third-order valence-electron chi connectivity index (χ3n) is 3.30. The van der Waals surface area contributed by atoms with Gasteiger partial charge in [-0.05, 0) is 26.2 Å². The minimum atomic E-state index is -0.367. The van der Waals surface area contributed by atoms with Crippen molar-refractivity contribution in [2.75, 3.05) is 6.54 Å². The van der Waals surface area contributed by atoms with E-state index in [0.717, 1.165) is 0 Å². The van der Waals surface area contributed by atoms with Crippen LogP contribution < -0.4 is 10.6 Å². The minimum Gasteiger partial charge on any atom is -0.351 e. The van der Waals surface area contributed by atoms with Gasteiger partial charge in [-0.15, -0.1) is 0 Å². The standard InChI is InChI=1S/C16H22N4O4/c1-9(2)5-12(18-16(22)14-7-11(4)20-24-14)8-17-15(21)13-6-10(3)19-23-13/h6-7,9,12H,5,8H2,1-4H3,(H,17,21)(H,18,22). The molecule has 0 aliphatic carbocycles. The summed E-state index contributed by atoms with van der Waals surface area (Å²) >= 11 is 0. The lowest BCUT2D eigenvalue weighted by atomic mass is 10.0. The summed E-state index contributed by atoms with van der Waals surface area (Å²) in [6.45, 7) is 7.83. The van der Waals surface area contributed by atoms with Crippen LogP contribution in [0.25, 0.3) is 0 Å². The Morgan fingerprint density at radius 3 is 2.04 bits per heavy atom. The van der Waals surface area contributed by atoms with Crippen molar-refractivity contribution in [3.8, 4) is 0 Å². The van der Waals surface area contributed by atoms with Crippen LogP contribution in [0.2, 0.25) is 0 Å². The molecule has 0 spiro atoms. The molecule has 0 aromatic carbocycles. The second-order valence-corrected chi connectivity index (χ2v) is 6.18. The van der Waals surface area contributed by atoms with Crippen molar-refractivity contribution >= 4 is 11.8 Å². The maximum atomic E-state index is 12.2. The van der Waals surface area contributed by atoms with E-state index >= 15 is 0 Å². The molecular formula is C16H22N4O4. The lowest BCUT2D eigenvalue weighted by molar-refractivity contribution is 0.0866. The van der Waals surface area contributed by atoms with Crippen LogP contribution in [0.3, 0.4) is 0 Å². The van der Waals surface area contributed by atoms with E-state index in [1.165, 1.54) is 0 Å². The van der Waals surface area contributed by atoms with Gasteiger partial charge < -0.3 is 19.7 Å². The van der Waals surface area contributed by atoms with Crippen molar-refractivity contribution in [1.82, 2.24) is 20.9 Å². The Bertz CT molecular complexity index is 705. The monoisotopic (exact) mass is 334 g/mol. The van der Waals surface area contributed by atoms with Crippen LogP contribution in [0.15, 0.2) is 21.2 Å². The van der Waals surface area contributed by atoms with Gasteiger partial charge in [0.15, 0.2) is 0 Å². The molecule has 130 valence electrons. The number of nitrogens with zero attached hydrogens (tertiary/aromatic N) is 2. The van der Waals surface area contributed by atoms with E-state index in [0.29, 0.717) is 23.7 Å². The van der Waals surface area contributed by atoms with E-state index in [1.54, 1.807) is 26.0 Å². The first kappa shape index (κ1) is 17.7. The minimum absolute atomic E-state index is 0.146. The summed E-state index contributed by atoms with van der Waals surface area (Å²) in [6, 6.07) is 2.89. The first-order valence-electron chi connectivity index (χ1n) is 7.81. The average Bonchev–Trinajstić information content (AvgIpc) is 3.12. The van der Waals surface area contributed by atoms with Crippen LogP contribution in [0.1, 0.15) is 52.8 Å². The molecule has 0 aliphatic rings. The third-order valence-corrected chi connectivity index (χ3v) is 3.30. The van der Waals surface area contributed by atoms with Gasteiger partial charge in [0.1, 0.15) is 0 Å². The highest BCUT2D eigenvalue weighted by atomic mass is 16.5. The van der Waals surface area contributed by atoms with E-state index in [9.17, 15) is 9.59 Å². The maximum absolute atomic E-state index is 12.2. The van der Waals surface area contributed by atoms with Crippen LogP contribution in [0, 0.1) is 19.8 Å². The third kappa shape index (κ3) is 4.94. The molecule has 2 aromatic rings. The number of hydrogen-bond acceptors (Lipinski definition) is 6. The van der Waals surface area contributed by atoms with Crippen molar-refractivity contribution in [3.63, 3.8) is 0 Å². The second-order valence-electron chi connectivity index (χ2n) is 6.18. The number of aromatic nitrogens is 2. The van der Waals surface area contributed by atoms with Gasteiger partial charge in [-0.3, -0.25) is 9.59 Å². The fourth-order valence-corrected chi connectivity index (χ4v) is 2.26. The summed E-state index contributed by atoms with van der Waals surface area (Å²) < 4.78 is 9.88. The van der Waals surface area contributed by atoms with Gasteiger partial charge in [0.05, 0.1) is 11.4 Å². The Balaban J connectivity index is 1.95. The molecule has 1 unspecified atom stereocenters. The van der Waals surface area contributed by atoms with E-state index in [4.69, 9.17) is 9.05 Å². The molecule has 0 saturated heterocycles. The summed E-state index contributed by atoms with van der Waals surface area (Å²) in [7, 11) is 0. The number of nitrogens with one attached hydrogen (secondary N) is 2. The highest BCUT2D eigenvalue weighted by molar-refractivity contribution is 5.92. The molecule has 2 aromatic heterocycles. The number of carbonyl (C=O) groups is 2. The van der Waals surface area contributed by atoms with Gasteiger partial charge >= 0.3 is 0 Å². The molecule has 0 fully saturated rings. The molecule has 0 radical (unpaired) electrons. The average molecular weight is 334 g/mol. The van der Waals surface area contributed by atoms with Crippen LogP contribution in [0.5, 0.6) is 0 Å². The Hall–Kier alpha value is -2.64. The largest absolute Gasteiger partial charge is 0.351 e. The molecular weight excluding hydrogens is 312 g/mol. The number of rotatable bonds is 7. The highest BCUT2D eigenvalue weighted by Crippen LogP contribution is 2.08. The van der Waals surface area contributed by atoms with Crippen LogP contribution in [-0.2, 0) is 0 Å². The molecule has 0 bridgehead atoms. The Kier molecular flexibility index (Phi) is 5.73. The first-order valence-corrected chi connectivity index (χ1v) is 7.81. The van der Waals surface area contributed by atoms with Crippen molar-refractivity contribution in [1.29, 1.82) is 0 Å². The van der Waals surface area contributed by atoms with Gasteiger partial charge in [0.2, 0.25) is 11.5 Å². The molecule has 1 atom stereocenters. The zero-order valence-electron chi connectivity index (χ0n) is 14.3. The SMILES string of the molecule is Cc1cc(C(=O)NCC(CC(C)C)NC(=O)c2cc(C)no2)on1. The molecule has 2 amide bonds. The zero-order chi connectivity index (χ0) is 17.7. The van der Waals surface area contributed by atoms with Crippen molar-refractivity contribution in [2.24, 2.45) is 5.92 Å². The second kappa shape index (κ2) is 7.76. The van der Waals surface area contributed by atoms with Gasteiger partial charge in [-0.2, -0.15) is 0 Å². The molecule has 8 heteroatoms. The summed E-state index contributed by atoms with van der Waals surface area (Å²) in [5.74, 6) is -0.0808. The lowest BCUT2D eigenvalue weighted by Gasteiger charge is -2.20. The van der Waals surface area contributed by atoms with Crippen molar-refractivity contribution in [3.05, 3.63) is 35.0 Å². The van der Waals surface area contributed by atoms with E-state index < -0.39 is 0 Å². The summed E-state index contributed by atoms with van der Waals surface area (Å²) in [4.78, 5) is 24.2. The van der Waals surface area contributed by atoms with Crippen molar-refractivity contribution in [2.45, 2.75) is 40.2 Å². The number of hydrogen-bond donors (Lipinski definition) is 2. The fourth-order valence-electron chi connectivity index (χ4n) is 2.26. The normalized spacial score (nSPS) is 12.2. The number of aryl methyl sites for hydroxylation is 2. The quantitative estimate of drug-likeness (QED) is 0.799. The van der Waals surface area contributed by atoms with Gasteiger partial charge in [-0.25, -0.2) is 0 Å². The molecule has 24 heavy (non-hydrogen) atoms. The van der Waals surface area contributed by atoms with Crippen LogP contribution in [0.4, 0.5) is 0 Å². The highest BCUT2D eigenvalue weighted by Gasteiger charge is 2.20. The smallest absolute Gasteiger partial charge is 0.290 e. The maximum Gasteiger partial charge on any atom is 0.290 e. The van der Waals surface area contributed by atoms with E-state index in [-0.39, 0.29) is 35.9 Å². The van der Waals surface area contributed by atoms with Crippen LogP contribution >= 0.6 is 0 Å². The van der Waals surface area contributed by atoms with E-state index in [2.05, 4.69) is 20.9 Å². The molecule has 2 heterocycles. The zero-order valence-corrected chi connectivity index (χ0v) is 14.3. The number of amides is 2. The molecule has 2 N–H and O–H groups in total. The summed E-state index contributed by atoms with van der Waals surface area (Å²) in [5, 5.41) is 13.0. The molecule has 8 nitrogen and oxygen atoms in total. The van der Waals surface area contributed by atoms with Gasteiger partial charge in [-0.1, -0.05) is 24.2 Å². The number of carbonyl (C=O) groups excluding carboxylic acids is 2. The molecule has 0 aliphatic heterocycles. The first-order chi connectivity index (χ1) is 11.3. The molecule has 0 saturated carbocycles. The summed E-state index contributed by atoms with van der Waals surface area (Å²) in [5.41, 5.74) is 1.27. The van der Waals surface area contributed by atoms with Gasteiger partial charge in [0.25, 0.3) is 11.8 Å².